The lowest BCUT2D eigenvalue weighted by Gasteiger charge is -2.15. The number of nitrogens with one attached hydrogen (secondary N) is 1. The lowest BCUT2D eigenvalue weighted by Crippen LogP contribution is -2.26. The Hall–Kier alpha value is -3.29. The van der Waals surface area contributed by atoms with Crippen LogP contribution in [0.4, 0.5) is 18.9 Å². The van der Waals surface area contributed by atoms with Gasteiger partial charge in [-0.1, -0.05) is 65.7 Å². The highest BCUT2D eigenvalue weighted by Gasteiger charge is 2.42. The minimum absolute atomic E-state index is 0.0168. The molecule has 0 aliphatic carbocycles. The van der Waals surface area contributed by atoms with Gasteiger partial charge in [-0.3, -0.25) is 9.59 Å². The lowest BCUT2D eigenvalue weighted by atomic mass is 10.1. The smallest absolute Gasteiger partial charge is 0.332 e. The number of alkyl halides is 3. The molecule has 4 nitrogen and oxygen atoms in total. The van der Waals surface area contributed by atoms with E-state index in [1.165, 1.54) is 48.5 Å². The Morgan fingerprint density at radius 2 is 1.58 bits per heavy atom. The van der Waals surface area contributed by atoms with Gasteiger partial charge in [-0.15, -0.1) is 0 Å². The molecule has 0 radical (unpaired) electrons. The predicted octanol–water partition coefficient (Wildman–Crippen LogP) is 6.84. The van der Waals surface area contributed by atoms with Gasteiger partial charge < -0.3 is 9.88 Å². The van der Waals surface area contributed by atoms with Crippen LogP contribution < -0.4 is 5.32 Å². The van der Waals surface area contributed by atoms with E-state index in [4.69, 9.17) is 23.2 Å². The summed E-state index contributed by atoms with van der Waals surface area (Å²) < 4.78 is 43.9. The van der Waals surface area contributed by atoms with Crippen LogP contribution in [0.1, 0.15) is 21.6 Å². The van der Waals surface area contributed by atoms with Crippen LogP contribution in [0.5, 0.6) is 0 Å². The number of nitrogens with zero attached hydrogens (tertiary/aromatic N) is 1. The molecule has 0 spiro atoms. The number of fused-ring (bicyclic) bond motifs is 1. The molecular formula is C24H15Cl2F3N2O2. The second kappa shape index (κ2) is 8.92. The van der Waals surface area contributed by atoms with Crippen LogP contribution in [0.25, 0.3) is 10.9 Å². The maximum Gasteiger partial charge on any atom is 0.432 e. The first-order valence-corrected chi connectivity index (χ1v) is 10.5. The highest BCUT2D eigenvalue weighted by atomic mass is 35.5. The number of carbonyl (C=O) groups excluding carboxylic acids is 2. The molecule has 0 bridgehead atoms. The third-order valence-corrected chi connectivity index (χ3v) is 5.63. The second-order valence-corrected chi connectivity index (χ2v) is 8.05. The van der Waals surface area contributed by atoms with Crippen molar-refractivity contribution in [3.8, 4) is 0 Å². The number of carbonyl (C=O) groups is 2. The number of amides is 1. The van der Waals surface area contributed by atoms with Gasteiger partial charge in [0.2, 0.25) is 0 Å². The van der Waals surface area contributed by atoms with E-state index >= 15 is 0 Å². The van der Waals surface area contributed by atoms with Crippen LogP contribution in [-0.2, 0) is 17.5 Å². The van der Waals surface area contributed by atoms with Crippen LogP contribution in [0.2, 0.25) is 10.0 Å². The van der Waals surface area contributed by atoms with E-state index in [-0.39, 0.29) is 22.5 Å². The standard InChI is InChI=1S/C24H15Cl2F3N2O2/c25-15-11-10-14(18(26)12-15)13-31-19-9-5-4-8-17(19)20(22(31)24(27,28)29)21(32)23(33)30-16-6-2-1-3-7-16/h1-12H,13H2,(H,30,33). The largest absolute Gasteiger partial charge is 0.432 e. The van der Waals surface area contributed by atoms with Crippen molar-refractivity contribution in [2.45, 2.75) is 12.7 Å². The van der Waals surface area contributed by atoms with Gasteiger partial charge in [0.25, 0.3) is 11.7 Å². The SMILES string of the molecule is O=C(Nc1ccccc1)C(=O)c1c(C(F)(F)F)n(Cc2ccc(Cl)cc2Cl)c2ccccc12. The Morgan fingerprint density at radius 3 is 2.24 bits per heavy atom. The monoisotopic (exact) mass is 490 g/mol. The molecule has 3 aromatic carbocycles. The van der Waals surface area contributed by atoms with Gasteiger partial charge in [0.15, 0.2) is 0 Å². The van der Waals surface area contributed by atoms with Crippen LogP contribution >= 0.6 is 23.2 Å². The fourth-order valence-corrected chi connectivity index (χ4v) is 4.10. The third kappa shape index (κ3) is 4.60. The van der Waals surface area contributed by atoms with Gasteiger partial charge in [-0.2, -0.15) is 13.2 Å². The molecule has 1 amide bonds. The molecule has 0 saturated heterocycles. The van der Waals surface area contributed by atoms with Gasteiger partial charge in [-0.25, -0.2) is 0 Å². The van der Waals surface area contributed by atoms with Crippen molar-refractivity contribution in [1.29, 1.82) is 0 Å². The zero-order valence-electron chi connectivity index (χ0n) is 16.8. The molecule has 0 atom stereocenters. The Bertz CT molecular complexity index is 1370. The second-order valence-electron chi connectivity index (χ2n) is 7.21. The number of halogens is 5. The Balaban J connectivity index is 1.87. The maximum absolute atomic E-state index is 14.3. The number of para-hydroxylation sites is 2. The summed E-state index contributed by atoms with van der Waals surface area (Å²) in [5, 5.41) is 2.90. The van der Waals surface area contributed by atoms with Crippen molar-refractivity contribution < 1.29 is 22.8 Å². The average molecular weight is 491 g/mol. The minimum atomic E-state index is -4.92. The van der Waals surface area contributed by atoms with Gasteiger partial charge >= 0.3 is 6.18 Å². The van der Waals surface area contributed by atoms with Crippen molar-refractivity contribution in [1.82, 2.24) is 4.57 Å². The first kappa shape index (κ1) is 22.9. The molecule has 0 fully saturated rings. The number of hydrogen-bond acceptors (Lipinski definition) is 2. The fraction of sp³-hybridized carbons (Fsp3) is 0.0833. The van der Waals surface area contributed by atoms with E-state index in [2.05, 4.69) is 5.32 Å². The Labute approximate surface area is 196 Å². The summed E-state index contributed by atoms with van der Waals surface area (Å²) in [6.45, 7) is -0.279. The third-order valence-electron chi connectivity index (χ3n) is 5.05. The van der Waals surface area contributed by atoms with Gasteiger partial charge in [0.05, 0.1) is 5.56 Å². The summed E-state index contributed by atoms with van der Waals surface area (Å²) in [4.78, 5) is 25.7. The van der Waals surface area contributed by atoms with Gasteiger partial charge in [-0.05, 0) is 35.9 Å². The molecule has 0 aliphatic rings. The van der Waals surface area contributed by atoms with Crippen LogP contribution in [0.15, 0.2) is 72.8 Å². The summed E-state index contributed by atoms with van der Waals surface area (Å²) in [6, 6.07) is 18.4. The normalized spacial score (nSPS) is 11.5. The molecule has 1 N–H and O–H groups in total. The first-order chi connectivity index (χ1) is 15.7. The molecule has 1 aromatic heterocycles. The molecule has 0 aliphatic heterocycles. The molecule has 33 heavy (non-hydrogen) atoms. The van der Waals surface area contributed by atoms with E-state index < -0.39 is 29.1 Å². The first-order valence-electron chi connectivity index (χ1n) is 9.70. The highest BCUT2D eigenvalue weighted by molar-refractivity contribution is 6.48. The van der Waals surface area contributed by atoms with E-state index in [1.54, 1.807) is 24.3 Å². The molecule has 9 heteroatoms. The summed E-state index contributed by atoms with van der Waals surface area (Å²) in [7, 11) is 0. The van der Waals surface area contributed by atoms with Crippen molar-refractivity contribution in [3.05, 3.63) is 99.7 Å². The minimum Gasteiger partial charge on any atom is -0.332 e. The predicted molar refractivity (Wildman–Crippen MR) is 122 cm³/mol. The van der Waals surface area contributed by atoms with Crippen LogP contribution in [-0.4, -0.2) is 16.3 Å². The number of rotatable bonds is 5. The van der Waals surface area contributed by atoms with Gasteiger partial charge in [0.1, 0.15) is 5.69 Å². The van der Waals surface area contributed by atoms with Crippen LogP contribution in [0.3, 0.4) is 0 Å². The number of Topliss-reactive ketones (excluding diaryl/α,β-unsaturated/α-hetero) is 1. The molecule has 168 valence electrons. The van der Waals surface area contributed by atoms with E-state index in [1.807, 2.05) is 0 Å². The zero-order chi connectivity index (χ0) is 23.8. The van der Waals surface area contributed by atoms with Crippen molar-refractivity contribution in [2.75, 3.05) is 5.32 Å². The van der Waals surface area contributed by atoms with Gasteiger partial charge in [0, 0.05) is 33.2 Å². The van der Waals surface area contributed by atoms with Crippen LogP contribution in [0, 0.1) is 0 Å². The van der Waals surface area contributed by atoms with E-state index in [0.717, 1.165) is 4.57 Å². The number of aromatic nitrogens is 1. The van der Waals surface area contributed by atoms with Crippen molar-refractivity contribution in [3.63, 3.8) is 0 Å². The summed E-state index contributed by atoms with van der Waals surface area (Å²) in [6.07, 6.45) is -4.92. The lowest BCUT2D eigenvalue weighted by molar-refractivity contribution is -0.143. The quantitative estimate of drug-likeness (QED) is 0.246. The summed E-state index contributed by atoms with van der Waals surface area (Å²) >= 11 is 12.1. The van der Waals surface area contributed by atoms with Crippen molar-refractivity contribution in [2.24, 2.45) is 0 Å². The zero-order valence-corrected chi connectivity index (χ0v) is 18.3. The number of hydrogen-bond donors (Lipinski definition) is 1. The highest BCUT2D eigenvalue weighted by Crippen LogP contribution is 2.39. The van der Waals surface area contributed by atoms with E-state index in [0.29, 0.717) is 16.3 Å². The molecule has 0 saturated carbocycles. The van der Waals surface area contributed by atoms with E-state index in [9.17, 15) is 22.8 Å². The van der Waals surface area contributed by atoms with Crippen molar-refractivity contribution >= 4 is 51.5 Å². The topological polar surface area (TPSA) is 51.1 Å². The molecule has 0 unspecified atom stereocenters. The number of ketones is 1. The molecular weight excluding hydrogens is 476 g/mol. The fourth-order valence-electron chi connectivity index (χ4n) is 3.64. The summed E-state index contributed by atoms with van der Waals surface area (Å²) in [5.41, 5.74) is -1.12. The number of anilines is 1. The Kier molecular flexibility index (Phi) is 6.19. The maximum atomic E-state index is 14.3. The number of benzene rings is 3. The Morgan fingerprint density at radius 1 is 0.909 bits per heavy atom. The average Bonchev–Trinajstić information content (AvgIpc) is 3.10. The molecule has 1 heterocycles. The molecule has 4 rings (SSSR count). The summed E-state index contributed by atoms with van der Waals surface area (Å²) in [5.74, 6) is -2.46. The molecule has 4 aromatic rings.